The Morgan fingerprint density at radius 1 is 1.34 bits per heavy atom. The number of nitrogens with zero attached hydrogens (tertiary/aromatic N) is 1. The lowest BCUT2D eigenvalue weighted by atomic mass is 9.98. The molecule has 1 aliphatic heterocycles. The number of methoxy groups -OCH3 is 1. The van der Waals surface area contributed by atoms with Crippen LogP contribution in [0, 0.1) is 5.92 Å². The maximum atomic E-state index is 12.7. The first-order chi connectivity index (χ1) is 13.9. The summed E-state index contributed by atoms with van der Waals surface area (Å²) in [6, 6.07) is 5.19. The minimum Gasteiger partial charge on any atom is -0.466 e. The summed E-state index contributed by atoms with van der Waals surface area (Å²) in [6.07, 6.45) is 1.56. The maximum Gasteiger partial charge on any atom is 0.356 e. The Bertz CT molecular complexity index is 926. The van der Waals surface area contributed by atoms with Crippen molar-refractivity contribution in [2.45, 2.75) is 19.8 Å². The van der Waals surface area contributed by atoms with Crippen molar-refractivity contribution in [3.05, 3.63) is 28.9 Å². The molecule has 1 saturated heterocycles. The van der Waals surface area contributed by atoms with Crippen LogP contribution in [0.25, 0.3) is 10.9 Å². The van der Waals surface area contributed by atoms with E-state index in [1.54, 1.807) is 25.1 Å². The number of carbonyl (C=O) groups excluding carboxylic acids is 3. The largest absolute Gasteiger partial charge is 0.466 e. The molecular weight excluding hydrogens is 398 g/mol. The van der Waals surface area contributed by atoms with Crippen LogP contribution in [0.3, 0.4) is 0 Å². The molecule has 2 aromatic rings. The predicted octanol–water partition coefficient (Wildman–Crippen LogP) is 2.82. The van der Waals surface area contributed by atoms with Crippen LogP contribution in [-0.2, 0) is 19.1 Å². The normalized spacial score (nSPS) is 17.1. The number of anilines is 1. The molecule has 8 nitrogen and oxygen atoms in total. The van der Waals surface area contributed by atoms with E-state index >= 15 is 0 Å². The van der Waals surface area contributed by atoms with Crippen LogP contribution < -0.4 is 5.32 Å². The number of esters is 2. The monoisotopic (exact) mass is 421 g/mol. The van der Waals surface area contributed by atoms with Gasteiger partial charge in [0.1, 0.15) is 5.69 Å². The van der Waals surface area contributed by atoms with Gasteiger partial charge in [-0.3, -0.25) is 14.5 Å². The Hall–Kier alpha value is -2.58. The number of nitrogens with one attached hydrogen (secondary N) is 2. The first-order valence-corrected chi connectivity index (χ1v) is 9.89. The molecule has 29 heavy (non-hydrogen) atoms. The van der Waals surface area contributed by atoms with E-state index in [0.717, 1.165) is 12.8 Å². The van der Waals surface area contributed by atoms with Crippen LogP contribution in [0.2, 0.25) is 5.02 Å². The van der Waals surface area contributed by atoms with E-state index in [1.165, 1.54) is 7.11 Å². The lowest BCUT2D eigenvalue weighted by Crippen LogP contribution is -2.43. The summed E-state index contributed by atoms with van der Waals surface area (Å²) < 4.78 is 9.91. The molecule has 1 aromatic carbocycles. The van der Waals surface area contributed by atoms with Gasteiger partial charge >= 0.3 is 11.9 Å². The maximum absolute atomic E-state index is 12.7. The van der Waals surface area contributed by atoms with E-state index in [0.29, 0.717) is 41.3 Å². The quantitative estimate of drug-likeness (QED) is 0.695. The first kappa shape index (κ1) is 21.1. The van der Waals surface area contributed by atoms with Crippen LogP contribution >= 0.6 is 11.6 Å². The SMILES string of the molecule is CCOC(=O)[C@@H]1CCCN(CC(=O)Nc2c(C(=O)OC)[nH]c3cccc(Cl)c23)C1. The van der Waals surface area contributed by atoms with Gasteiger partial charge in [-0.2, -0.15) is 0 Å². The van der Waals surface area contributed by atoms with Crippen LogP contribution in [0.1, 0.15) is 30.3 Å². The van der Waals surface area contributed by atoms with Gasteiger partial charge in [0.2, 0.25) is 5.91 Å². The van der Waals surface area contributed by atoms with Gasteiger partial charge < -0.3 is 19.8 Å². The number of hydrogen-bond acceptors (Lipinski definition) is 6. The number of rotatable bonds is 6. The molecule has 0 radical (unpaired) electrons. The molecule has 0 unspecified atom stereocenters. The molecule has 0 bridgehead atoms. The molecule has 1 fully saturated rings. The van der Waals surface area contributed by atoms with Gasteiger partial charge in [-0.15, -0.1) is 0 Å². The smallest absolute Gasteiger partial charge is 0.356 e. The number of piperidine rings is 1. The third kappa shape index (κ3) is 4.71. The summed E-state index contributed by atoms with van der Waals surface area (Å²) >= 11 is 6.30. The molecule has 156 valence electrons. The highest BCUT2D eigenvalue weighted by molar-refractivity contribution is 6.37. The van der Waals surface area contributed by atoms with Crippen molar-refractivity contribution in [1.82, 2.24) is 9.88 Å². The van der Waals surface area contributed by atoms with E-state index < -0.39 is 5.97 Å². The van der Waals surface area contributed by atoms with Crippen LogP contribution in [0.5, 0.6) is 0 Å². The number of hydrogen-bond donors (Lipinski definition) is 2. The predicted molar refractivity (Wildman–Crippen MR) is 109 cm³/mol. The average molecular weight is 422 g/mol. The van der Waals surface area contributed by atoms with Crippen LogP contribution in [-0.4, -0.2) is 61.1 Å². The Morgan fingerprint density at radius 2 is 2.14 bits per heavy atom. The highest BCUT2D eigenvalue weighted by atomic mass is 35.5. The minimum absolute atomic E-state index is 0.0909. The number of ether oxygens (including phenoxy) is 2. The fraction of sp³-hybridized carbons (Fsp3) is 0.450. The molecule has 0 aliphatic carbocycles. The third-order valence-corrected chi connectivity index (χ3v) is 5.23. The number of H-pyrrole nitrogens is 1. The van der Waals surface area contributed by atoms with E-state index in [9.17, 15) is 14.4 Å². The van der Waals surface area contributed by atoms with Crippen molar-refractivity contribution in [3.8, 4) is 0 Å². The highest BCUT2D eigenvalue weighted by Gasteiger charge is 2.28. The highest BCUT2D eigenvalue weighted by Crippen LogP contribution is 2.34. The number of aromatic nitrogens is 1. The zero-order valence-corrected chi connectivity index (χ0v) is 17.2. The van der Waals surface area contributed by atoms with Gasteiger partial charge in [0, 0.05) is 17.4 Å². The van der Waals surface area contributed by atoms with E-state index in [-0.39, 0.29) is 30.0 Å². The fourth-order valence-electron chi connectivity index (χ4n) is 3.62. The number of fused-ring (bicyclic) bond motifs is 1. The molecule has 2 N–H and O–H groups in total. The lowest BCUT2D eigenvalue weighted by Gasteiger charge is -2.30. The first-order valence-electron chi connectivity index (χ1n) is 9.52. The zero-order chi connectivity index (χ0) is 21.0. The number of halogens is 1. The number of carbonyl (C=O) groups is 3. The van der Waals surface area contributed by atoms with Crippen molar-refractivity contribution in [2.24, 2.45) is 5.92 Å². The molecule has 0 spiro atoms. The Labute approximate surface area is 173 Å². The molecule has 1 aromatic heterocycles. The summed E-state index contributed by atoms with van der Waals surface area (Å²) in [6.45, 7) is 3.38. The van der Waals surface area contributed by atoms with Crippen LogP contribution in [0.15, 0.2) is 18.2 Å². The molecular formula is C20H24ClN3O5. The standard InChI is InChI=1S/C20H24ClN3O5/c1-3-29-19(26)12-6-5-9-24(10-12)11-15(25)23-17-16-13(21)7-4-8-14(16)22-18(17)20(27)28-2/h4,7-8,12,22H,3,5-6,9-11H2,1-2H3,(H,23,25)/t12-/m1/s1. The van der Waals surface area contributed by atoms with E-state index in [2.05, 4.69) is 10.3 Å². The summed E-state index contributed by atoms with van der Waals surface area (Å²) in [5.41, 5.74) is 1.04. The van der Waals surface area contributed by atoms with Crippen molar-refractivity contribution in [2.75, 3.05) is 38.7 Å². The number of likely N-dealkylation sites (tertiary alicyclic amines) is 1. The Balaban J connectivity index is 1.76. The van der Waals surface area contributed by atoms with Crippen molar-refractivity contribution in [3.63, 3.8) is 0 Å². The fourth-order valence-corrected chi connectivity index (χ4v) is 3.89. The van der Waals surface area contributed by atoms with E-state index in [1.807, 2.05) is 4.90 Å². The molecule has 2 heterocycles. The Kier molecular flexibility index (Phi) is 6.76. The van der Waals surface area contributed by atoms with E-state index in [4.69, 9.17) is 21.1 Å². The average Bonchev–Trinajstić information content (AvgIpc) is 3.07. The number of benzene rings is 1. The Morgan fingerprint density at radius 3 is 2.86 bits per heavy atom. The minimum atomic E-state index is -0.604. The third-order valence-electron chi connectivity index (χ3n) is 4.92. The second-order valence-electron chi connectivity index (χ2n) is 6.90. The summed E-state index contributed by atoms with van der Waals surface area (Å²) in [7, 11) is 1.27. The number of aromatic amines is 1. The van der Waals surface area contributed by atoms with Crippen molar-refractivity contribution in [1.29, 1.82) is 0 Å². The van der Waals surface area contributed by atoms with Gasteiger partial charge in [-0.05, 0) is 38.4 Å². The molecule has 1 aliphatic rings. The van der Waals surface area contributed by atoms with Gasteiger partial charge in [0.05, 0.1) is 36.9 Å². The lowest BCUT2D eigenvalue weighted by molar-refractivity contribution is -0.150. The molecule has 1 atom stereocenters. The van der Waals surface area contributed by atoms with Gasteiger partial charge in [-0.25, -0.2) is 4.79 Å². The second kappa shape index (κ2) is 9.28. The van der Waals surface area contributed by atoms with Gasteiger partial charge in [0.25, 0.3) is 0 Å². The summed E-state index contributed by atoms with van der Waals surface area (Å²) in [5, 5.41) is 3.75. The van der Waals surface area contributed by atoms with Gasteiger partial charge in [-0.1, -0.05) is 17.7 Å². The second-order valence-corrected chi connectivity index (χ2v) is 7.31. The zero-order valence-electron chi connectivity index (χ0n) is 16.4. The van der Waals surface area contributed by atoms with Crippen molar-refractivity contribution < 1.29 is 23.9 Å². The molecule has 3 rings (SSSR count). The van der Waals surface area contributed by atoms with Gasteiger partial charge in [0.15, 0.2) is 0 Å². The number of amides is 1. The molecule has 0 saturated carbocycles. The van der Waals surface area contributed by atoms with Crippen LogP contribution in [0.4, 0.5) is 5.69 Å². The van der Waals surface area contributed by atoms with Crippen molar-refractivity contribution >= 4 is 46.0 Å². The summed E-state index contributed by atoms with van der Waals surface area (Å²) in [4.78, 5) is 41.7. The molecule has 1 amide bonds. The molecule has 9 heteroatoms. The topological polar surface area (TPSA) is 101 Å². The summed E-state index contributed by atoms with van der Waals surface area (Å²) in [5.74, 6) is -1.37.